The van der Waals surface area contributed by atoms with E-state index >= 15 is 0 Å². The van der Waals surface area contributed by atoms with Crippen molar-refractivity contribution >= 4 is 23.4 Å². The predicted molar refractivity (Wildman–Crippen MR) is 126 cm³/mol. The average Bonchev–Trinajstić information content (AvgIpc) is 2.78. The van der Waals surface area contributed by atoms with E-state index < -0.39 is 6.04 Å². The Kier molecular flexibility index (Phi) is 7.33. The van der Waals surface area contributed by atoms with Crippen LogP contribution in [-0.2, 0) is 15.0 Å². The first-order valence-electron chi connectivity index (χ1n) is 11.2. The van der Waals surface area contributed by atoms with Crippen LogP contribution in [0.5, 0.6) is 0 Å². The highest BCUT2D eigenvalue weighted by Crippen LogP contribution is 2.23. The van der Waals surface area contributed by atoms with Crippen LogP contribution in [0.15, 0.2) is 54.6 Å². The molecule has 1 fully saturated rings. The summed E-state index contributed by atoms with van der Waals surface area (Å²) in [5, 5.41) is 5.75. The lowest BCUT2D eigenvalue weighted by Crippen LogP contribution is -2.50. The van der Waals surface area contributed by atoms with Crippen molar-refractivity contribution in [3.05, 3.63) is 65.7 Å². The average molecular weight is 436 g/mol. The number of para-hydroxylation sites is 1. The Hall–Kier alpha value is -3.15. The molecule has 0 unspecified atom stereocenters. The van der Waals surface area contributed by atoms with E-state index in [0.29, 0.717) is 31.5 Å². The Bertz CT molecular complexity index is 941. The van der Waals surface area contributed by atoms with Gasteiger partial charge in [0.15, 0.2) is 0 Å². The third-order valence-corrected chi connectivity index (χ3v) is 5.95. The smallest absolute Gasteiger partial charge is 0.251 e. The summed E-state index contributed by atoms with van der Waals surface area (Å²) in [6, 6.07) is 16.2. The normalized spacial score (nSPS) is 15.7. The van der Waals surface area contributed by atoms with Crippen LogP contribution in [0.2, 0.25) is 0 Å². The van der Waals surface area contributed by atoms with Crippen molar-refractivity contribution in [1.82, 2.24) is 10.2 Å². The molecule has 0 radical (unpaired) electrons. The summed E-state index contributed by atoms with van der Waals surface area (Å²) in [4.78, 5) is 39.6. The van der Waals surface area contributed by atoms with Gasteiger partial charge in [-0.3, -0.25) is 14.4 Å². The Morgan fingerprint density at radius 2 is 1.53 bits per heavy atom. The van der Waals surface area contributed by atoms with Crippen LogP contribution in [0.25, 0.3) is 0 Å². The molecule has 2 N–H and O–H groups in total. The van der Waals surface area contributed by atoms with Crippen LogP contribution in [0.1, 0.15) is 56.5 Å². The summed E-state index contributed by atoms with van der Waals surface area (Å²) in [7, 11) is 0. The minimum atomic E-state index is -0.625. The van der Waals surface area contributed by atoms with Gasteiger partial charge in [0.2, 0.25) is 11.8 Å². The first-order chi connectivity index (χ1) is 15.1. The molecule has 3 rings (SSSR count). The maximum absolute atomic E-state index is 12.8. The van der Waals surface area contributed by atoms with Gasteiger partial charge in [-0.05, 0) is 55.0 Å². The minimum absolute atomic E-state index is 0.0108. The molecule has 3 amide bonds. The fraction of sp³-hybridized carbons (Fsp3) is 0.423. The highest BCUT2D eigenvalue weighted by atomic mass is 16.2. The number of hydrogen-bond acceptors (Lipinski definition) is 3. The summed E-state index contributed by atoms with van der Waals surface area (Å²) in [6.45, 7) is 9.09. The molecule has 1 heterocycles. The standard InChI is InChI=1S/C26H33N3O3/c1-18(27-23(30)19-10-12-21(13-11-19)26(2,3)4)25(32)29-16-14-20(15-17-29)24(31)28-22-8-6-5-7-9-22/h5-13,18,20H,14-17H2,1-4H3,(H,27,30)(H,28,31)/t18-/m0/s1. The number of rotatable bonds is 5. The van der Waals surface area contributed by atoms with Crippen molar-refractivity contribution in [2.24, 2.45) is 5.92 Å². The van der Waals surface area contributed by atoms with E-state index in [0.717, 1.165) is 11.3 Å². The topological polar surface area (TPSA) is 78.5 Å². The highest BCUT2D eigenvalue weighted by Gasteiger charge is 2.30. The van der Waals surface area contributed by atoms with Crippen LogP contribution in [0, 0.1) is 5.92 Å². The monoisotopic (exact) mass is 435 g/mol. The number of carbonyl (C=O) groups excluding carboxylic acids is 3. The van der Waals surface area contributed by atoms with Gasteiger partial charge in [0.1, 0.15) is 6.04 Å². The zero-order chi connectivity index (χ0) is 23.3. The van der Waals surface area contributed by atoms with Crippen molar-refractivity contribution in [2.75, 3.05) is 18.4 Å². The number of amides is 3. The molecule has 32 heavy (non-hydrogen) atoms. The largest absolute Gasteiger partial charge is 0.341 e. The molecule has 0 aliphatic carbocycles. The van der Waals surface area contributed by atoms with Crippen molar-refractivity contribution in [3.63, 3.8) is 0 Å². The number of nitrogens with zero attached hydrogens (tertiary/aromatic N) is 1. The fourth-order valence-corrected chi connectivity index (χ4v) is 3.87. The Morgan fingerprint density at radius 1 is 0.938 bits per heavy atom. The second-order valence-electron chi connectivity index (χ2n) is 9.48. The third kappa shape index (κ3) is 5.96. The summed E-state index contributed by atoms with van der Waals surface area (Å²) < 4.78 is 0. The zero-order valence-corrected chi connectivity index (χ0v) is 19.4. The van der Waals surface area contributed by atoms with Gasteiger partial charge in [-0.15, -0.1) is 0 Å². The maximum Gasteiger partial charge on any atom is 0.251 e. The van der Waals surface area contributed by atoms with E-state index in [1.807, 2.05) is 42.5 Å². The van der Waals surface area contributed by atoms with E-state index in [1.165, 1.54) is 0 Å². The molecule has 6 heteroatoms. The van der Waals surface area contributed by atoms with Crippen molar-refractivity contribution < 1.29 is 14.4 Å². The molecule has 0 saturated carbocycles. The molecule has 1 aliphatic rings. The zero-order valence-electron chi connectivity index (χ0n) is 19.4. The van der Waals surface area contributed by atoms with Gasteiger partial charge in [-0.25, -0.2) is 0 Å². The molecular formula is C26H33N3O3. The third-order valence-electron chi connectivity index (χ3n) is 5.95. The molecule has 170 valence electrons. The number of anilines is 1. The van der Waals surface area contributed by atoms with Crippen LogP contribution in [-0.4, -0.2) is 41.8 Å². The molecule has 0 spiro atoms. The Balaban J connectivity index is 1.49. The predicted octanol–water partition coefficient (Wildman–Crippen LogP) is 3.98. The first kappa shape index (κ1) is 23.5. The van der Waals surface area contributed by atoms with Gasteiger partial charge in [0, 0.05) is 30.3 Å². The van der Waals surface area contributed by atoms with Crippen molar-refractivity contribution in [2.45, 2.75) is 52.0 Å². The molecule has 1 aliphatic heterocycles. The molecule has 1 saturated heterocycles. The molecule has 0 bridgehead atoms. The number of nitrogens with one attached hydrogen (secondary N) is 2. The van der Waals surface area contributed by atoms with E-state index in [9.17, 15) is 14.4 Å². The van der Waals surface area contributed by atoms with Gasteiger partial charge in [-0.2, -0.15) is 0 Å². The van der Waals surface area contributed by atoms with Crippen LogP contribution >= 0.6 is 0 Å². The van der Waals surface area contributed by atoms with E-state index in [-0.39, 0.29) is 29.1 Å². The lowest BCUT2D eigenvalue weighted by molar-refractivity contribution is -0.135. The Labute approximate surface area is 190 Å². The maximum atomic E-state index is 12.8. The summed E-state index contributed by atoms with van der Waals surface area (Å²) in [5.41, 5.74) is 2.48. The van der Waals surface area contributed by atoms with Crippen LogP contribution < -0.4 is 10.6 Å². The summed E-state index contributed by atoms with van der Waals surface area (Å²) in [5.74, 6) is -0.510. The number of carbonyl (C=O) groups is 3. The van der Waals surface area contributed by atoms with Crippen LogP contribution in [0.4, 0.5) is 5.69 Å². The summed E-state index contributed by atoms with van der Waals surface area (Å²) in [6.07, 6.45) is 1.22. The van der Waals surface area contributed by atoms with Crippen molar-refractivity contribution in [1.29, 1.82) is 0 Å². The number of likely N-dealkylation sites (tertiary alicyclic amines) is 1. The van der Waals surface area contributed by atoms with Crippen LogP contribution in [0.3, 0.4) is 0 Å². The molecule has 2 aromatic carbocycles. The SMILES string of the molecule is C[C@H](NC(=O)c1ccc(C(C)(C)C)cc1)C(=O)N1CCC(C(=O)Nc2ccccc2)CC1. The Morgan fingerprint density at radius 3 is 2.09 bits per heavy atom. The van der Waals surface area contributed by atoms with Gasteiger partial charge < -0.3 is 15.5 Å². The number of hydrogen-bond donors (Lipinski definition) is 2. The lowest BCUT2D eigenvalue weighted by atomic mass is 9.86. The lowest BCUT2D eigenvalue weighted by Gasteiger charge is -2.33. The second kappa shape index (κ2) is 9.98. The summed E-state index contributed by atoms with van der Waals surface area (Å²) >= 11 is 0. The molecule has 0 aromatic heterocycles. The molecule has 1 atom stereocenters. The van der Waals surface area contributed by atoms with Gasteiger partial charge in [0.25, 0.3) is 5.91 Å². The van der Waals surface area contributed by atoms with Gasteiger partial charge >= 0.3 is 0 Å². The van der Waals surface area contributed by atoms with E-state index in [4.69, 9.17) is 0 Å². The fourth-order valence-electron chi connectivity index (χ4n) is 3.87. The second-order valence-corrected chi connectivity index (χ2v) is 9.48. The minimum Gasteiger partial charge on any atom is -0.341 e. The number of benzene rings is 2. The molecule has 2 aromatic rings. The quantitative estimate of drug-likeness (QED) is 0.746. The number of piperidine rings is 1. The van der Waals surface area contributed by atoms with E-state index in [1.54, 1.807) is 24.0 Å². The molecule has 6 nitrogen and oxygen atoms in total. The first-order valence-corrected chi connectivity index (χ1v) is 11.2. The highest BCUT2D eigenvalue weighted by molar-refractivity contribution is 5.97. The molecular weight excluding hydrogens is 402 g/mol. The van der Waals surface area contributed by atoms with Crippen molar-refractivity contribution in [3.8, 4) is 0 Å². The van der Waals surface area contributed by atoms with Gasteiger partial charge in [-0.1, -0.05) is 51.1 Å². The van der Waals surface area contributed by atoms with Gasteiger partial charge in [0.05, 0.1) is 0 Å². The van der Waals surface area contributed by atoms with E-state index in [2.05, 4.69) is 31.4 Å².